The van der Waals surface area contributed by atoms with Crippen LogP contribution < -0.4 is 0 Å². The van der Waals surface area contributed by atoms with Gasteiger partial charge in [-0.15, -0.1) is 0 Å². The molecule has 0 N–H and O–H groups in total. The third-order valence-corrected chi connectivity index (χ3v) is 2.83. The van der Waals surface area contributed by atoms with E-state index in [1.807, 2.05) is 19.2 Å². The Labute approximate surface area is 80.7 Å². The molecule has 1 heterocycles. The van der Waals surface area contributed by atoms with Crippen molar-refractivity contribution in [1.29, 1.82) is 0 Å². The Hall–Kier alpha value is -1.24. The molecular formula is C12H17N. The van der Waals surface area contributed by atoms with Crippen LogP contribution >= 0.6 is 0 Å². The molecule has 0 radical (unpaired) electrons. The summed E-state index contributed by atoms with van der Waals surface area (Å²) in [4.78, 5) is 2.07. The molecule has 0 aliphatic carbocycles. The molecule has 0 unspecified atom stereocenters. The normalized spacial score (nSPS) is 20.8. The second-order valence-corrected chi connectivity index (χ2v) is 3.84. The zero-order valence-corrected chi connectivity index (χ0v) is 8.72. The van der Waals surface area contributed by atoms with Gasteiger partial charge >= 0.3 is 0 Å². The summed E-state index contributed by atoms with van der Waals surface area (Å²) in [5, 5.41) is 0. The summed E-state index contributed by atoms with van der Waals surface area (Å²) in [6.45, 7) is 16.0. The van der Waals surface area contributed by atoms with Crippen LogP contribution in [0.2, 0.25) is 0 Å². The van der Waals surface area contributed by atoms with Crippen LogP contribution in [-0.2, 0) is 0 Å². The molecule has 0 aromatic carbocycles. The topological polar surface area (TPSA) is 3.24 Å². The highest BCUT2D eigenvalue weighted by atomic mass is 15.2. The number of hydrogen-bond donors (Lipinski definition) is 0. The van der Waals surface area contributed by atoms with E-state index in [4.69, 9.17) is 0 Å². The van der Waals surface area contributed by atoms with Crippen molar-refractivity contribution in [2.24, 2.45) is 5.41 Å². The highest BCUT2D eigenvalue weighted by molar-refractivity contribution is 5.47. The van der Waals surface area contributed by atoms with Crippen LogP contribution in [-0.4, -0.2) is 11.9 Å². The fraction of sp³-hybridized carbons (Fsp3) is 0.333. The molecule has 1 nitrogen and oxygen atoms in total. The lowest BCUT2D eigenvalue weighted by Crippen LogP contribution is -2.18. The third-order valence-electron chi connectivity index (χ3n) is 2.83. The highest BCUT2D eigenvalue weighted by Gasteiger charge is 2.36. The van der Waals surface area contributed by atoms with Crippen molar-refractivity contribution < 1.29 is 0 Å². The van der Waals surface area contributed by atoms with E-state index in [2.05, 4.69) is 38.5 Å². The average Bonchev–Trinajstić information content (AvgIpc) is 2.25. The second kappa shape index (κ2) is 2.91. The van der Waals surface area contributed by atoms with Gasteiger partial charge in [-0.3, -0.25) is 0 Å². The van der Waals surface area contributed by atoms with Crippen molar-refractivity contribution in [1.82, 2.24) is 4.90 Å². The van der Waals surface area contributed by atoms with E-state index in [0.29, 0.717) is 0 Å². The first kappa shape index (κ1) is 9.85. The maximum atomic E-state index is 4.07. The van der Waals surface area contributed by atoms with Crippen molar-refractivity contribution in [3.05, 3.63) is 48.9 Å². The molecule has 0 aromatic heterocycles. The zero-order chi connectivity index (χ0) is 10.2. The van der Waals surface area contributed by atoms with Gasteiger partial charge in [0.2, 0.25) is 0 Å². The standard InChI is InChI=1S/C12H17N/c1-7-10-11(8-2)13(6)9(3)12(10,4)5/h7-8H,1-3H2,4-6H3. The summed E-state index contributed by atoms with van der Waals surface area (Å²) in [6, 6.07) is 0. The molecule has 0 fully saturated rings. The monoisotopic (exact) mass is 175 g/mol. The zero-order valence-electron chi connectivity index (χ0n) is 8.72. The minimum Gasteiger partial charge on any atom is -0.348 e. The Morgan fingerprint density at radius 3 is 2.08 bits per heavy atom. The van der Waals surface area contributed by atoms with E-state index in [1.54, 1.807) is 0 Å². The van der Waals surface area contributed by atoms with Gasteiger partial charge in [0.15, 0.2) is 0 Å². The van der Waals surface area contributed by atoms with E-state index in [9.17, 15) is 0 Å². The predicted molar refractivity (Wildman–Crippen MR) is 58.1 cm³/mol. The minimum atomic E-state index is -0.0139. The lowest BCUT2D eigenvalue weighted by atomic mass is 9.83. The molecule has 0 aromatic rings. The molecule has 0 atom stereocenters. The maximum Gasteiger partial charge on any atom is 0.0441 e. The van der Waals surface area contributed by atoms with E-state index in [1.165, 1.54) is 5.57 Å². The van der Waals surface area contributed by atoms with Crippen molar-refractivity contribution >= 4 is 0 Å². The van der Waals surface area contributed by atoms with Crippen LogP contribution in [0.3, 0.4) is 0 Å². The van der Waals surface area contributed by atoms with Gasteiger partial charge in [-0.25, -0.2) is 0 Å². The van der Waals surface area contributed by atoms with Crippen molar-refractivity contribution in [3.8, 4) is 0 Å². The Bertz CT molecular complexity index is 305. The smallest absolute Gasteiger partial charge is 0.0441 e. The van der Waals surface area contributed by atoms with Crippen LogP contribution in [0.1, 0.15) is 13.8 Å². The Balaban J connectivity index is 3.34. The fourth-order valence-corrected chi connectivity index (χ4v) is 1.83. The molecule has 0 spiro atoms. The van der Waals surface area contributed by atoms with Gasteiger partial charge < -0.3 is 4.90 Å². The van der Waals surface area contributed by atoms with E-state index in [-0.39, 0.29) is 5.41 Å². The molecule has 1 rings (SSSR count). The van der Waals surface area contributed by atoms with Crippen LogP contribution in [0.25, 0.3) is 0 Å². The number of hydrogen-bond acceptors (Lipinski definition) is 1. The molecule has 1 aliphatic rings. The minimum absolute atomic E-state index is 0.0139. The second-order valence-electron chi connectivity index (χ2n) is 3.84. The van der Waals surface area contributed by atoms with Crippen molar-refractivity contribution in [2.45, 2.75) is 13.8 Å². The Morgan fingerprint density at radius 1 is 1.23 bits per heavy atom. The maximum absolute atomic E-state index is 4.07. The van der Waals surface area contributed by atoms with Crippen LogP contribution in [0.15, 0.2) is 48.9 Å². The number of rotatable bonds is 2. The SMILES string of the molecule is C=CC1=C(C=C)C(C)(C)C(=C)N1C. The largest absolute Gasteiger partial charge is 0.348 e. The molecule has 1 aliphatic heterocycles. The van der Waals surface area contributed by atoms with E-state index < -0.39 is 0 Å². The van der Waals surface area contributed by atoms with Gasteiger partial charge in [0.05, 0.1) is 0 Å². The Morgan fingerprint density at radius 2 is 1.77 bits per heavy atom. The van der Waals surface area contributed by atoms with Gasteiger partial charge in [-0.1, -0.05) is 39.7 Å². The molecule has 0 saturated carbocycles. The first-order valence-electron chi connectivity index (χ1n) is 4.39. The molecule has 70 valence electrons. The van der Waals surface area contributed by atoms with E-state index >= 15 is 0 Å². The summed E-state index contributed by atoms with van der Waals surface area (Å²) in [5.74, 6) is 0. The summed E-state index contributed by atoms with van der Waals surface area (Å²) < 4.78 is 0. The summed E-state index contributed by atoms with van der Waals surface area (Å²) in [5.41, 5.74) is 3.40. The Kier molecular flexibility index (Phi) is 2.21. The van der Waals surface area contributed by atoms with Crippen LogP contribution in [0.4, 0.5) is 0 Å². The molecule has 1 heteroatoms. The molecular weight excluding hydrogens is 158 g/mol. The van der Waals surface area contributed by atoms with Gasteiger partial charge in [-0.2, -0.15) is 0 Å². The summed E-state index contributed by atoms with van der Waals surface area (Å²) in [7, 11) is 2.01. The average molecular weight is 175 g/mol. The highest BCUT2D eigenvalue weighted by Crippen LogP contribution is 2.45. The van der Waals surface area contributed by atoms with Crippen LogP contribution in [0.5, 0.6) is 0 Å². The fourth-order valence-electron chi connectivity index (χ4n) is 1.83. The summed E-state index contributed by atoms with van der Waals surface area (Å²) >= 11 is 0. The van der Waals surface area contributed by atoms with Crippen LogP contribution in [0, 0.1) is 5.41 Å². The third kappa shape index (κ3) is 1.15. The molecule has 0 amide bonds. The quantitative estimate of drug-likeness (QED) is 0.623. The van der Waals surface area contributed by atoms with Crippen molar-refractivity contribution in [2.75, 3.05) is 7.05 Å². The lowest BCUT2D eigenvalue weighted by molar-refractivity contribution is 0.450. The predicted octanol–water partition coefficient (Wildman–Crippen LogP) is 3.10. The molecule has 0 bridgehead atoms. The molecule has 0 saturated heterocycles. The number of allylic oxidation sites excluding steroid dienone is 3. The molecule has 13 heavy (non-hydrogen) atoms. The number of nitrogens with zero attached hydrogens (tertiary/aromatic N) is 1. The first-order chi connectivity index (χ1) is 5.96. The lowest BCUT2D eigenvalue weighted by Gasteiger charge is -2.24. The van der Waals surface area contributed by atoms with Gasteiger partial charge in [0.1, 0.15) is 0 Å². The van der Waals surface area contributed by atoms with Crippen molar-refractivity contribution in [3.63, 3.8) is 0 Å². The van der Waals surface area contributed by atoms with Gasteiger partial charge in [0.25, 0.3) is 0 Å². The van der Waals surface area contributed by atoms with Gasteiger partial charge in [0, 0.05) is 23.9 Å². The van der Waals surface area contributed by atoms with E-state index in [0.717, 1.165) is 11.4 Å². The number of likely N-dealkylation sites (N-methyl/N-ethyl adjacent to an activating group) is 1. The van der Waals surface area contributed by atoms with Gasteiger partial charge in [-0.05, 0) is 11.6 Å². The first-order valence-corrected chi connectivity index (χ1v) is 4.39. The summed E-state index contributed by atoms with van der Waals surface area (Å²) in [6.07, 6.45) is 3.75.